The fourth-order valence-corrected chi connectivity index (χ4v) is 2.13. The van der Waals surface area contributed by atoms with Gasteiger partial charge in [0.1, 0.15) is 0 Å². The van der Waals surface area contributed by atoms with Gasteiger partial charge >= 0.3 is 0 Å². The molecule has 0 aromatic heterocycles. The zero-order valence-electron chi connectivity index (χ0n) is 10.7. The standard InChI is InChI=1S/C15H23B/c1-3-14(12-16)9-5-7-11-15-10-6-4-8-13(15)2/h4,6,8,10,14H,3,5,7,9,11-12H2,1-2H3. The highest BCUT2D eigenvalue weighted by atomic mass is 14.1. The second-order valence-corrected chi connectivity index (χ2v) is 4.68. The van der Waals surface area contributed by atoms with Crippen LogP contribution in [0.3, 0.4) is 0 Å². The molecule has 1 aromatic rings. The van der Waals surface area contributed by atoms with Crippen molar-refractivity contribution >= 4 is 7.85 Å². The Balaban J connectivity index is 2.23. The van der Waals surface area contributed by atoms with Crippen molar-refractivity contribution in [2.24, 2.45) is 5.92 Å². The van der Waals surface area contributed by atoms with Gasteiger partial charge in [-0.3, -0.25) is 0 Å². The fourth-order valence-electron chi connectivity index (χ4n) is 2.13. The zero-order valence-corrected chi connectivity index (χ0v) is 10.7. The van der Waals surface area contributed by atoms with Gasteiger partial charge in [0.05, 0.1) is 7.85 Å². The predicted octanol–water partition coefficient (Wildman–Crippen LogP) is 4.32. The first-order chi connectivity index (χ1) is 7.77. The molecule has 0 N–H and O–H groups in total. The Labute approximate surface area is 102 Å². The summed E-state index contributed by atoms with van der Waals surface area (Å²) in [5.74, 6) is 0.733. The van der Waals surface area contributed by atoms with Crippen molar-refractivity contribution in [3.63, 3.8) is 0 Å². The van der Waals surface area contributed by atoms with Gasteiger partial charge in [0.2, 0.25) is 0 Å². The van der Waals surface area contributed by atoms with Crippen molar-refractivity contribution in [1.29, 1.82) is 0 Å². The van der Waals surface area contributed by atoms with Crippen LogP contribution in [0.25, 0.3) is 0 Å². The molecule has 0 aliphatic carbocycles. The molecule has 2 radical (unpaired) electrons. The maximum Gasteiger partial charge on any atom is 0.0656 e. The summed E-state index contributed by atoms with van der Waals surface area (Å²) in [6.45, 7) is 4.43. The predicted molar refractivity (Wildman–Crippen MR) is 73.1 cm³/mol. The normalized spacial score (nSPS) is 12.6. The van der Waals surface area contributed by atoms with Crippen LogP contribution >= 0.6 is 0 Å². The van der Waals surface area contributed by atoms with Crippen LogP contribution in [-0.2, 0) is 6.42 Å². The maximum absolute atomic E-state index is 5.70. The molecule has 0 nitrogen and oxygen atoms in total. The summed E-state index contributed by atoms with van der Waals surface area (Å²) < 4.78 is 0. The summed E-state index contributed by atoms with van der Waals surface area (Å²) in [5.41, 5.74) is 2.93. The van der Waals surface area contributed by atoms with Crippen molar-refractivity contribution in [3.05, 3.63) is 35.4 Å². The highest BCUT2D eigenvalue weighted by molar-refractivity contribution is 6.08. The Morgan fingerprint density at radius 1 is 1.19 bits per heavy atom. The zero-order chi connectivity index (χ0) is 11.8. The minimum atomic E-state index is 0.733. The van der Waals surface area contributed by atoms with Crippen LogP contribution in [0.4, 0.5) is 0 Å². The Hall–Kier alpha value is -0.715. The minimum Gasteiger partial charge on any atom is -0.0859 e. The van der Waals surface area contributed by atoms with Crippen molar-refractivity contribution in [3.8, 4) is 0 Å². The molecule has 1 aromatic carbocycles. The van der Waals surface area contributed by atoms with Crippen LogP contribution in [0.15, 0.2) is 24.3 Å². The lowest BCUT2D eigenvalue weighted by atomic mass is 9.85. The van der Waals surface area contributed by atoms with E-state index in [4.69, 9.17) is 7.85 Å². The quantitative estimate of drug-likeness (QED) is 0.468. The first kappa shape index (κ1) is 13.4. The Bertz CT molecular complexity index is 289. The van der Waals surface area contributed by atoms with Gasteiger partial charge in [-0.2, -0.15) is 0 Å². The van der Waals surface area contributed by atoms with E-state index >= 15 is 0 Å². The molecule has 1 atom stereocenters. The lowest BCUT2D eigenvalue weighted by Gasteiger charge is -2.12. The van der Waals surface area contributed by atoms with Crippen LogP contribution in [0.5, 0.6) is 0 Å². The largest absolute Gasteiger partial charge is 0.0859 e. The first-order valence-corrected chi connectivity index (χ1v) is 6.52. The molecular formula is C15H23B. The average molecular weight is 214 g/mol. The van der Waals surface area contributed by atoms with E-state index in [1.807, 2.05) is 0 Å². The summed E-state index contributed by atoms with van der Waals surface area (Å²) in [6, 6.07) is 8.69. The van der Waals surface area contributed by atoms with E-state index in [2.05, 4.69) is 38.1 Å². The number of hydrogen-bond donors (Lipinski definition) is 0. The molecule has 0 aliphatic heterocycles. The van der Waals surface area contributed by atoms with Gasteiger partial charge in [-0.05, 0) is 36.8 Å². The van der Waals surface area contributed by atoms with Crippen LogP contribution in [0.2, 0.25) is 6.32 Å². The SMILES string of the molecule is [B]CC(CC)CCCCc1ccccc1C. The molecule has 86 valence electrons. The third-order valence-electron chi connectivity index (χ3n) is 3.48. The molecule has 1 heteroatoms. The van der Waals surface area contributed by atoms with E-state index in [9.17, 15) is 0 Å². The molecule has 0 saturated carbocycles. The third-order valence-corrected chi connectivity index (χ3v) is 3.48. The number of rotatable bonds is 7. The van der Waals surface area contributed by atoms with Crippen LogP contribution < -0.4 is 0 Å². The summed E-state index contributed by atoms with van der Waals surface area (Å²) in [5, 5.41) is 0. The van der Waals surface area contributed by atoms with Crippen molar-refractivity contribution in [2.75, 3.05) is 0 Å². The van der Waals surface area contributed by atoms with Gasteiger partial charge in [-0.25, -0.2) is 0 Å². The Kier molecular flexibility index (Phi) is 6.29. The number of hydrogen-bond acceptors (Lipinski definition) is 0. The van der Waals surface area contributed by atoms with Crippen molar-refractivity contribution in [1.82, 2.24) is 0 Å². The number of unbranched alkanes of at least 4 members (excludes halogenated alkanes) is 1. The molecule has 0 aliphatic rings. The highest BCUT2D eigenvalue weighted by Gasteiger charge is 2.03. The lowest BCUT2D eigenvalue weighted by Crippen LogP contribution is -1.98. The molecule has 0 amide bonds. The Morgan fingerprint density at radius 3 is 2.56 bits per heavy atom. The van der Waals surface area contributed by atoms with Gasteiger partial charge in [0, 0.05) is 0 Å². The summed E-state index contributed by atoms with van der Waals surface area (Å²) in [7, 11) is 5.70. The summed E-state index contributed by atoms with van der Waals surface area (Å²) >= 11 is 0. The van der Waals surface area contributed by atoms with Crippen molar-refractivity contribution in [2.45, 2.75) is 52.3 Å². The Morgan fingerprint density at radius 2 is 1.94 bits per heavy atom. The topological polar surface area (TPSA) is 0 Å². The summed E-state index contributed by atoms with van der Waals surface area (Å²) in [6.07, 6.45) is 7.18. The third kappa shape index (κ3) is 4.43. The second kappa shape index (κ2) is 7.54. The monoisotopic (exact) mass is 214 g/mol. The molecule has 0 spiro atoms. The number of benzene rings is 1. The second-order valence-electron chi connectivity index (χ2n) is 4.68. The highest BCUT2D eigenvalue weighted by Crippen LogP contribution is 2.17. The number of aryl methyl sites for hydroxylation is 2. The van der Waals surface area contributed by atoms with Gasteiger partial charge in [0.25, 0.3) is 0 Å². The maximum atomic E-state index is 5.70. The summed E-state index contributed by atoms with van der Waals surface area (Å²) in [4.78, 5) is 0. The van der Waals surface area contributed by atoms with E-state index in [1.165, 1.54) is 43.2 Å². The van der Waals surface area contributed by atoms with E-state index in [0.29, 0.717) is 0 Å². The van der Waals surface area contributed by atoms with E-state index in [1.54, 1.807) is 0 Å². The van der Waals surface area contributed by atoms with E-state index < -0.39 is 0 Å². The van der Waals surface area contributed by atoms with Crippen LogP contribution in [0, 0.1) is 12.8 Å². The van der Waals surface area contributed by atoms with Crippen LogP contribution in [-0.4, -0.2) is 7.85 Å². The molecule has 0 bridgehead atoms. The average Bonchev–Trinajstić information content (AvgIpc) is 2.31. The minimum absolute atomic E-state index is 0.733. The van der Waals surface area contributed by atoms with Crippen LogP contribution in [0.1, 0.15) is 43.7 Å². The van der Waals surface area contributed by atoms with E-state index in [0.717, 1.165) is 12.2 Å². The smallest absolute Gasteiger partial charge is 0.0656 e. The molecule has 0 heterocycles. The van der Waals surface area contributed by atoms with Crippen molar-refractivity contribution < 1.29 is 0 Å². The first-order valence-electron chi connectivity index (χ1n) is 6.52. The van der Waals surface area contributed by atoms with Gasteiger partial charge in [-0.1, -0.05) is 56.8 Å². The molecule has 16 heavy (non-hydrogen) atoms. The van der Waals surface area contributed by atoms with Gasteiger partial charge in [-0.15, -0.1) is 0 Å². The van der Waals surface area contributed by atoms with Gasteiger partial charge in [0.15, 0.2) is 0 Å². The molecule has 0 saturated heterocycles. The molecular weight excluding hydrogens is 191 g/mol. The van der Waals surface area contributed by atoms with E-state index in [-0.39, 0.29) is 0 Å². The van der Waals surface area contributed by atoms with Gasteiger partial charge < -0.3 is 0 Å². The molecule has 1 rings (SSSR count). The lowest BCUT2D eigenvalue weighted by molar-refractivity contribution is 0.484. The molecule has 0 fully saturated rings. The fraction of sp³-hybridized carbons (Fsp3) is 0.600. The molecule has 1 unspecified atom stereocenters.